The molecule has 1 aromatic rings. The van der Waals surface area contributed by atoms with Crippen LogP contribution in [0.5, 0.6) is 0 Å². The zero-order valence-corrected chi connectivity index (χ0v) is 13.0. The summed E-state index contributed by atoms with van der Waals surface area (Å²) in [4.78, 5) is 8.91. The van der Waals surface area contributed by atoms with Crippen molar-refractivity contribution in [3.05, 3.63) is 11.9 Å². The molecule has 112 valence electrons. The van der Waals surface area contributed by atoms with Crippen LogP contribution in [0.1, 0.15) is 46.4 Å². The monoisotopic (exact) mass is 278 g/mol. The van der Waals surface area contributed by atoms with Crippen molar-refractivity contribution in [1.82, 2.24) is 9.97 Å². The Labute approximate surface area is 121 Å². The van der Waals surface area contributed by atoms with Crippen LogP contribution in [0.2, 0.25) is 0 Å². The molecule has 1 saturated heterocycles. The molecular formula is C15H26N4O. The maximum absolute atomic E-state index is 5.89. The van der Waals surface area contributed by atoms with E-state index in [0.717, 1.165) is 44.2 Å². The molecule has 2 rings (SSSR count). The Morgan fingerprint density at radius 1 is 1.30 bits per heavy atom. The van der Waals surface area contributed by atoms with Crippen LogP contribution < -0.4 is 11.1 Å². The van der Waals surface area contributed by atoms with Crippen LogP contribution >= 0.6 is 0 Å². The lowest BCUT2D eigenvalue weighted by molar-refractivity contribution is 0.0299. The summed E-state index contributed by atoms with van der Waals surface area (Å²) in [5.41, 5.74) is 6.05. The second kappa shape index (κ2) is 5.56. The smallest absolute Gasteiger partial charge is 0.138 e. The molecule has 1 aliphatic heterocycles. The number of rotatable bonds is 3. The summed E-state index contributed by atoms with van der Waals surface area (Å²) in [5.74, 6) is 2.11. The Kier molecular flexibility index (Phi) is 4.18. The number of nitrogens with two attached hydrogens (primary N) is 1. The fourth-order valence-corrected chi connectivity index (χ4v) is 2.24. The highest BCUT2D eigenvalue weighted by Gasteiger charge is 2.27. The lowest BCUT2D eigenvalue weighted by Gasteiger charge is -2.33. The van der Waals surface area contributed by atoms with Crippen LogP contribution in [-0.4, -0.2) is 29.7 Å². The van der Waals surface area contributed by atoms with Gasteiger partial charge >= 0.3 is 0 Å². The lowest BCUT2D eigenvalue weighted by Crippen LogP contribution is -2.33. The van der Waals surface area contributed by atoms with Crippen molar-refractivity contribution in [3.8, 4) is 0 Å². The van der Waals surface area contributed by atoms with Crippen molar-refractivity contribution in [2.75, 3.05) is 30.8 Å². The van der Waals surface area contributed by atoms with Gasteiger partial charge in [-0.2, -0.15) is 0 Å². The third kappa shape index (κ3) is 3.82. The molecule has 0 aromatic carbocycles. The van der Waals surface area contributed by atoms with Crippen molar-refractivity contribution in [1.29, 1.82) is 0 Å². The van der Waals surface area contributed by atoms with Gasteiger partial charge in [0.2, 0.25) is 0 Å². The van der Waals surface area contributed by atoms with E-state index in [1.165, 1.54) is 0 Å². The molecule has 1 aromatic heterocycles. The first-order chi connectivity index (χ1) is 9.28. The van der Waals surface area contributed by atoms with Gasteiger partial charge in [-0.3, -0.25) is 0 Å². The van der Waals surface area contributed by atoms with Crippen molar-refractivity contribution in [2.24, 2.45) is 5.41 Å². The number of hydrogen-bond acceptors (Lipinski definition) is 5. The van der Waals surface area contributed by atoms with E-state index in [1.807, 2.05) is 0 Å². The molecule has 0 amide bonds. The van der Waals surface area contributed by atoms with E-state index in [9.17, 15) is 0 Å². The summed E-state index contributed by atoms with van der Waals surface area (Å²) >= 11 is 0. The summed E-state index contributed by atoms with van der Waals surface area (Å²) in [5, 5.41) is 3.42. The number of anilines is 2. The summed E-state index contributed by atoms with van der Waals surface area (Å²) in [6.07, 6.45) is 2.15. The minimum atomic E-state index is -0.103. The molecule has 1 aliphatic rings. The van der Waals surface area contributed by atoms with Crippen LogP contribution in [0.25, 0.3) is 0 Å². The Bertz CT molecular complexity index is 461. The average Bonchev–Trinajstić information content (AvgIpc) is 2.36. The van der Waals surface area contributed by atoms with Crippen LogP contribution in [0.15, 0.2) is 6.07 Å². The summed E-state index contributed by atoms with van der Waals surface area (Å²) in [6.45, 7) is 11.1. The Hall–Kier alpha value is -1.36. The van der Waals surface area contributed by atoms with E-state index in [2.05, 4.69) is 43.0 Å². The average molecular weight is 278 g/mol. The van der Waals surface area contributed by atoms with Crippen molar-refractivity contribution in [3.63, 3.8) is 0 Å². The molecular weight excluding hydrogens is 252 g/mol. The maximum atomic E-state index is 5.89. The molecule has 1 fully saturated rings. The Balaban J connectivity index is 2.07. The quantitative estimate of drug-likeness (QED) is 0.889. The number of aromatic nitrogens is 2. The zero-order valence-electron chi connectivity index (χ0n) is 13.0. The summed E-state index contributed by atoms with van der Waals surface area (Å²) in [6, 6.07) is 1.80. The van der Waals surface area contributed by atoms with Gasteiger partial charge in [0.25, 0.3) is 0 Å². The summed E-state index contributed by atoms with van der Waals surface area (Å²) in [7, 11) is 0. The van der Waals surface area contributed by atoms with Crippen LogP contribution in [-0.2, 0) is 10.2 Å². The van der Waals surface area contributed by atoms with Crippen LogP contribution in [0.4, 0.5) is 11.6 Å². The second-order valence-electron chi connectivity index (χ2n) is 7.03. The number of hydrogen-bond donors (Lipinski definition) is 2. The number of ether oxygens (including phenoxy) is 1. The molecule has 0 radical (unpaired) electrons. The molecule has 3 N–H and O–H groups in total. The normalized spacial score (nSPS) is 18.8. The highest BCUT2D eigenvalue weighted by Crippen LogP contribution is 2.30. The van der Waals surface area contributed by atoms with Gasteiger partial charge in [-0.05, 0) is 18.3 Å². The highest BCUT2D eigenvalue weighted by atomic mass is 16.5. The fourth-order valence-electron chi connectivity index (χ4n) is 2.24. The number of nitrogen functional groups attached to an aromatic ring is 1. The largest absolute Gasteiger partial charge is 0.384 e. The third-order valence-corrected chi connectivity index (χ3v) is 3.81. The highest BCUT2D eigenvalue weighted by molar-refractivity contribution is 5.45. The SMILES string of the molecule is CC1(CNc2cc(N)nc(C(C)(C)C)n2)CCOCC1. The van der Waals surface area contributed by atoms with Gasteiger partial charge < -0.3 is 15.8 Å². The van der Waals surface area contributed by atoms with E-state index in [0.29, 0.717) is 5.82 Å². The van der Waals surface area contributed by atoms with Gasteiger partial charge in [-0.25, -0.2) is 9.97 Å². The van der Waals surface area contributed by atoms with E-state index in [-0.39, 0.29) is 10.8 Å². The van der Waals surface area contributed by atoms with Gasteiger partial charge in [-0.15, -0.1) is 0 Å². The minimum Gasteiger partial charge on any atom is -0.384 e. The van der Waals surface area contributed by atoms with Gasteiger partial charge in [0.05, 0.1) is 0 Å². The van der Waals surface area contributed by atoms with E-state index >= 15 is 0 Å². The maximum Gasteiger partial charge on any atom is 0.138 e. The lowest BCUT2D eigenvalue weighted by atomic mass is 9.82. The molecule has 0 spiro atoms. The van der Waals surface area contributed by atoms with Gasteiger partial charge in [0.15, 0.2) is 0 Å². The Morgan fingerprint density at radius 2 is 1.95 bits per heavy atom. The van der Waals surface area contributed by atoms with Gasteiger partial charge in [0, 0.05) is 31.2 Å². The number of nitrogens with zero attached hydrogens (tertiary/aromatic N) is 2. The first-order valence-corrected chi connectivity index (χ1v) is 7.25. The molecule has 5 nitrogen and oxygen atoms in total. The first-order valence-electron chi connectivity index (χ1n) is 7.25. The molecule has 20 heavy (non-hydrogen) atoms. The van der Waals surface area contributed by atoms with Crippen molar-refractivity contribution < 1.29 is 4.74 Å². The fraction of sp³-hybridized carbons (Fsp3) is 0.733. The standard InChI is InChI=1S/C15H26N4O/c1-14(2,3)13-18-11(16)9-12(19-13)17-10-15(4)5-7-20-8-6-15/h9H,5-8,10H2,1-4H3,(H3,16,17,18,19). The predicted molar refractivity (Wildman–Crippen MR) is 81.8 cm³/mol. The molecule has 0 aliphatic carbocycles. The topological polar surface area (TPSA) is 73.1 Å². The molecule has 5 heteroatoms. The van der Waals surface area contributed by atoms with Gasteiger partial charge in [-0.1, -0.05) is 27.7 Å². The minimum absolute atomic E-state index is 0.103. The molecule has 0 atom stereocenters. The first kappa shape index (κ1) is 15.0. The molecule has 0 bridgehead atoms. The van der Waals surface area contributed by atoms with Crippen molar-refractivity contribution >= 4 is 11.6 Å². The molecule has 2 heterocycles. The van der Waals surface area contributed by atoms with Gasteiger partial charge in [0.1, 0.15) is 17.5 Å². The third-order valence-electron chi connectivity index (χ3n) is 3.81. The summed E-state index contributed by atoms with van der Waals surface area (Å²) < 4.78 is 5.43. The van der Waals surface area contributed by atoms with Crippen LogP contribution in [0.3, 0.4) is 0 Å². The van der Waals surface area contributed by atoms with Crippen LogP contribution in [0, 0.1) is 5.41 Å². The van der Waals surface area contributed by atoms with E-state index in [1.54, 1.807) is 6.07 Å². The second-order valence-corrected chi connectivity index (χ2v) is 7.03. The van der Waals surface area contributed by atoms with E-state index < -0.39 is 0 Å². The predicted octanol–water partition coefficient (Wildman–Crippen LogP) is 2.58. The molecule has 0 unspecified atom stereocenters. The van der Waals surface area contributed by atoms with E-state index in [4.69, 9.17) is 10.5 Å². The van der Waals surface area contributed by atoms with Crippen molar-refractivity contribution in [2.45, 2.75) is 46.0 Å². The zero-order chi connectivity index (χ0) is 14.8. The molecule has 0 saturated carbocycles. The Morgan fingerprint density at radius 3 is 2.55 bits per heavy atom. The number of nitrogens with one attached hydrogen (secondary N) is 1.